The van der Waals surface area contributed by atoms with Gasteiger partial charge in [-0.3, -0.25) is 4.98 Å². The van der Waals surface area contributed by atoms with E-state index in [1.807, 2.05) is 54.6 Å². The van der Waals surface area contributed by atoms with Crippen LogP contribution in [0.1, 0.15) is 5.56 Å². The zero-order valence-corrected chi connectivity index (χ0v) is 12.1. The number of aliphatic hydroxyl groups excluding tert-OH is 1. The van der Waals surface area contributed by atoms with E-state index in [0.29, 0.717) is 12.2 Å². The summed E-state index contributed by atoms with van der Waals surface area (Å²) in [7, 11) is 0. The van der Waals surface area contributed by atoms with Crippen LogP contribution in [0.15, 0.2) is 60.8 Å². The first-order valence-corrected chi connectivity index (χ1v) is 7.22. The van der Waals surface area contributed by atoms with Crippen molar-refractivity contribution in [3.8, 4) is 11.5 Å². The second-order valence-electron chi connectivity index (χ2n) is 5.26. The second-order valence-corrected chi connectivity index (χ2v) is 5.26. The minimum absolute atomic E-state index is 0.0129. The molecule has 0 aliphatic carbocycles. The molecule has 2 aromatic carbocycles. The van der Waals surface area contributed by atoms with Gasteiger partial charge in [-0.2, -0.15) is 0 Å². The number of benzene rings is 2. The maximum absolute atomic E-state index is 8.98. The summed E-state index contributed by atoms with van der Waals surface area (Å²) in [4.78, 5) is 4.38. The van der Waals surface area contributed by atoms with Crippen LogP contribution in [0.25, 0.3) is 10.9 Å². The summed E-state index contributed by atoms with van der Waals surface area (Å²) < 4.78 is 5.83. The van der Waals surface area contributed by atoms with E-state index in [0.717, 1.165) is 22.2 Å². The zero-order valence-electron chi connectivity index (χ0n) is 12.1. The Bertz CT molecular complexity index is 756. The zero-order chi connectivity index (χ0) is 15.4. The lowest BCUT2D eigenvalue weighted by atomic mass is 10.1. The fraction of sp³-hybridized carbons (Fsp3) is 0.167. The molecule has 1 atom stereocenters. The molecule has 0 saturated carbocycles. The van der Waals surface area contributed by atoms with Gasteiger partial charge in [0.1, 0.15) is 11.5 Å². The predicted octanol–water partition coefficient (Wildman–Crippen LogP) is 2.89. The van der Waals surface area contributed by atoms with Crippen molar-refractivity contribution in [3.63, 3.8) is 0 Å². The molecule has 0 fully saturated rings. The SMILES string of the molecule is N[C@H](CO)Cc1ccc(Oc2cnc3ccccc3c2)cc1. The predicted molar refractivity (Wildman–Crippen MR) is 87.0 cm³/mol. The number of ether oxygens (including phenoxy) is 1. The van der Waals surface area contributed by atoms with Gasteiger partial charge in [0, 0.05) is 11.4 Å². The molecule has 3 aromatic rings. The van der Waals surface area contributed by atoms with Gasteiger partial charge in [0.15, 0.2) is 0 Å². The lowest BCUT2D eigenvalue weighted by molar-refractivity contribution is 0.265. The smallest absolute Gasteiger partial charge is 0.146 e. The van der Waals surface area contributed by atoms with Crippen molar-refractivity contribution in [2.75, 3.05) is 6.61 Å². The van der Waals surface area contributed by atoms with Crippen LogP contribution in [0.2, 0.25) is 0 Å². The van der Waals surface area contributed by atoms with Crippen molar-refractivity contribution in [2.45, 2.75) is 12.5 Å². The minimum atomic E-state index is -0.226. The van der Waals surface area contributed by atoms with Crippen LogP contribution >= 0.6 is 0 Å². The molecule has 112 valence electrons. The van der Waals surface area contributed by atoms with Crippen molar-refractivity contribution in [2.24, 2.45) is 5.73 Å². The van der Waals surface area contributed by atoms with E-state index in [9.17, 15) is 0 Å². The molecule has 0 saturated heterocycles. The third-order valence-corrected chi connectivity index (χ3v) is 3.46. The number of fused-ring (bicyclic) bond motifs is 1. The number of nitrogens with zero attached hydrogens (tertiary/aromatic N) is 1. The van der Waals surface area contributed by atoms with Gasteiger partial charge in [-0.05, 0) is 36.2 Å². The third-order valence-electron chi connectivity index (χ3n) is 3.46. The van der Waals surface area contributed by atoms with Crippen LogP contribution in [0, 0.1) is 0 Å². The van der Waals surface area contributed by atoms with Crippen LogP contribution in [-0.2, 0) is 6.42 Å². The molecule has 0 aliphatic rings. The van der Waals surface area contributed by atoms with Gasteiger partial charge in [0.05, 0.1) is 18.3 Å². The molecule has 1 heterocycles. The summed E-state index contributed by atoms with van der Waals surface area (Å²) in [6.45, 7) is -0.0129. The summed E-state index contributed by atoms with van der Waals surface area (Å²) in [5.41, 5.74) is 7.75. The highest BCUT2D eigenvalue weighted by molar-refractivity contribution is 5.79. The highest BCUT2D eigenvalue weighted by atomic mass is 16.5. The van der Waals surface area contributed by atoms with E-state index in [1.165, 1.54) is 0 Å². The van der Waals surface area contributed by atoms with Crippen molar-refractivity contribution in [1.29, 1.82) is 0 Å². The summed E-state index contributed by atoms with van der Waals surface area (Å²) in [6, 6.07) is 17.4. The molecule has 4 nitrogen and oxygen atoms in total. The molecule has 0 amide bonds. The summed E-state index contributed by atoms with van der Waals surface area (Å²) in [5, 5.41) is 10.0. The normalized spacial score (nSPS) is 12.3. The standard InChI is InChI=1S/C18H18N2O2/c19-15(12-21)9-13-5-7-16(8-6-13)22-17-10-14-3-1-2-4-18(14)20-11-17/h1-8,10-11,15,21H,9,12,19H2/t15-/m0/s1. The molecule has 3 N–H and O–H groups in total. The van der Waals surface area contributed by atoms with E-state index in [2.05, 4.69) is 4.98 Å². The second kappa shape index (κ2) is 6.56. The Morgan fingerprint density at radius 2 is 1.82 bits per heavy atom. The van der Waals surface area contributed by atoms with Gasteiger partial charge in [0.2, 0.25) is 0 Å². The first-order chi connectivity index (χ1) is 10.7. The Kier molecular flexibility index (Phi) is 4.32. The molecule has 0 unspecified atom stereocenters. The Hall–Kier alpha value is -2.43. The molecule has 0 aliphatic heterocycles. The molecular formula is C18H18N2O2. The average Bonchev–Trinajstić information content (AvgIpc) is 2.56. The number of para-hydroxylation sites is 1. The van der Waals surface area contributed by atoms with E-state index in [4.69, 9.17) is 15.6 Å². The molecular weight excluding hydrogens is 276 g/mol. The van der Waals surface area contributed by atoms with Gasteiger partial charge in [0.25, 0.3) is 0 Å². The van der Waals surface area contributed by atoms with Gasteiger partial charge in [-0.15, -0.1) is 0 Å². The van der Waals surface area contributed by atoms with E-state index < -0.39 is 0 Å². The Morgan fingerprint density at radius 3 is 2.59 bits per heavy atom. The lowest BCUT2D eigenvalue weighted by Crippen LogP contribution is -2.26. The van der Waals surface area contributed by atoms with Crippen molar-refractivity contribution >= 4 is 10.9 Å². The van der Waals surface area contributed by atoms with Gasteiger partial charge >= 0.3 is 0 Å². The number of nitrogens with two attached hydrogens (primary N) is 1. The Morgan fingerprint density at radius 1 is 1.05 bits per heavy atom. The van der Waals surface area contributed by atoms with Crippen molar-refractivity contribution < 1.29 is 9.84 Å². The van der Waals surface area contributed by atoms with Crippen LogP contribution in [0.4, 0.5) is 0 Å². The number of hydrogen-bond acceptors (Lipinski definition) is 4. The van der Waals surface area contributed by atoms with Gasteiger partial charge < -0.3 is 15.6 Å². The quantitative estimate of drug-likeness (QED) is 0.759. The van der Waals surface area contributed by atoms with Crippen LogP contribution in [-0.4, -0.2) is 22.7 Å². The molecule has 0 spiro atoms. The monoisotopic (exact) mass is 294 g/mol. The van der Waals surface area contributed by atoms with Crippen molar-refractivity contribution in [1.82, 2.24) is 4.98 Å². The lowest BCUT2D eigenvalue weighted by Gasteiger charge is -2.10. The maximum Gasteiger partial charge on any atom is 0.146 e. The minimum Gasteiger partial charge on any atom is -0.456 e. The van der Waals surface area contributed by atoms with Gasteiger partial charge in [-0.1, -0.05) is 30.3 Å². The number of aliphatic hydroxyl groups is 1. The summed E-state index contributed by atoms with van der Waals surface area (Å²) in [5.74, 6) is 1.46. The molecule has 4 heteroatoms. The molecule has 3 rings (SSSR count). The highest BCUT2D eigenvalue weighted by Gasteiger charge is 2.04. The van der Waals surface area contributed by atoms with Crippen LogP contribution in [0.5, 0.6) is 11.5 Å². The maximum atomic E-state index is 8.98. The number of aromatic nitrogens is 1. The Balaban J connectivity index is 1.74. The molecule has 0 radical (unpaired) electrons. The molecule has 1 aromatic heterocycles. The van der Waals surface area contributed by atoms with E-state index in [-0.39, 0.29) is 12.6 Å². The average molecular weight is 294 g/mol. The Labute approximate surface area is 129 Å². The largest absolute Gasteiger partial charge is 0.456 e. The van der Waals surface area contributed by atoms with Crippen LogP contribution in [0.3, 0.4) is 0 Å². The highest BCUT2D eigenvalue weighted by Crippen LogP contribution is 2.24. The topological polar surface area (TPSA) is 68.4 Å². The molecule has 22 heavy (non-hydrogen) atoms. The summed E-state index contributed by atoms with van der Waals surface area (Å²) in [6.07, 6.45) is 2.37. The fourth-order valence-electron chi connectivity index (χ4n) is 2.30. The first kappa shape index (κ1) is 14.5. The first-order valence-electron chi connectivity index (χ1n) is 7.22. The fourth-order valence-corrected chi connectivity index (χ4v) is 2.30. The van der Waals surface area contributed by atoms with Gasteiger partial charge in [-0.25, -0.2) is 0 Å². The number of hydrogen-bond donors (Lipinski definition) is 2. The number of rotatable bonds is 5. The number of pyridine rings is 1. The van der Waals surface area contributed by atoms with Crippen molar-refractivity contribution in [3.05, 3.63) is 66.4 Å². The van der Waals surface area contributed by atoms with E-state index >= 15 is 0 Å². The van der Waals surface area contributed by atoms with E-state index in [1.54, 1.807) is 6.20 Å². The summed E-state index contributed by atoms with van der Waals surface area (Å²) >= 11 is 0. The van der Waals surface area contributed by atoms with Crippen LogP contribution < -0.4 is 10.5 Å². The molecule has 0 bridgehead atoms. The third kappa shape index (κ3) is 3.42.